The molecule has 0 radical (unpaired) electrons. The van der Waals surface area contributed by atoms with Crippen molar-refractivity contribution >= 4 is 17.6 Å². The van der Waals surface area contributed by atoms with Gasteiger partial charge in [-0.15, -0.1) is 0 Å². The lowest BCUT2D eigenvalue weighted by atomic mass is 9.89. The smallest absolute Gasteiger partial charge is 0.352 e. The van der Waals surface area contributed by atoms with Gasteiger partial charge in [0.15, 0.2) is 0 Å². The predicted molar refractivity (Wildman–Crippen MR) is 148 cm³/mol. The third-order valence-electron chi connectivity index (χ3n) is 7.10. The van der Waals surface area contributed by atoms with Gasteiger partial charge in [0, 0.05) is 35.6 Å². The summed E-state index contributed by atoms with van der Waals surface area (Å²) in [5.41, 5.74) is 0.397. The number of anilines is 1. The molecule has 2 N–H and O–H groups in total. The molecule has 0 bridgehead atoms. The van der Waals surface area contributed by atoms with Crippen LogP contribution in [-0.2, 0) is 15.8 Å². The summed E-state index contributed by atoms with van der Waals surface area (Å²) in [6.07, 6.45) is 12.4. The monoisotopic (exact) mass is 562 g/mol. The molecule has 41 heavy (non-hydrogen) atoms. The van der Waals surface area contributed by atoms with Gasteiger partial charge < -0.3 is 10.6 Å². The van der Waals surface area contributed by atoms with Crippen LogP contribution in [0.4, 0.5) is 19.0 Å². The van der Waals surface area contributed by atoms with E-state index < -0.39 is 17.8 Å². The van der Waals surface area contributed by atoms with Crippen LogP contribution in [-0.4, -0.2) is 38.1 Å². The van der Waals surface area contributed by atoms with E-state index in [1.807, 2.05) is 0 Å². The average molecular weight is 563 g/mol. The van der Waals surface area contributed by atoms with E-state index in [1.54, 1.807) is 36.4 Å². The van der Waals surface area contributed by atoms with Gasteiger partial charge in [0.1, 0.15) is 11.5 Å². The Bertz CT molecular complexity index is 1480. The number of nitrogens with one attached hydrogen (secondary N) is 2. The first kappa shape index (κ1) is 28.0. The Kier molecular flexibility index (Phi) is 8.42. The molecule has 2 aliphatic carbocycles. The van der Waals surface area contributed by atoms with E-state index in [-0.39, 0.29) is 23.1 Å². The topological polar surface area (TPSA) is 102 Å². The predicted octanol–water partition coefficient (Wildman–Crippen LogP) is 5.80. The molecule has 11 heteroatoms. The number of aromatic nitrogens is 4. The molecule has 8 nitrogen and oxygen atoms in total. The second-order valence-electron chi connectivity index (χ2n) is 10.1. The molecule has 0 saturated heterocycles. The molecular formula is C30H29F3N6O2. The summed E-state index contributed by atoms with van der Waals surface area (Å²) in [5, 5.41) is 9.78. The molecule has 0 spiro atoms. The van der Waals surface area contributed by atoms with Crippen molar-refractivity contribution in [2.45, 2.75) is 44.7 Å². The lowest BCUT2D eigenvalue weighted by molar-refractivity contribution is -0.142. The molecule has 5 rings (SSSR count). The first-order valence-electron chi connectivity index (χ1n) is 13.5. The molecule has 3 aromatic rings. The molecule has 0 unspecified atom stereocenters. The van der Waals surface area contributed by atoms with Gasteiger partial charge in [-0.1, -0.05) is 31.4 Å². The molecule has 2 aliphatic rings. The van der Waals surface area contributed by atoms with Gasteiger partial charge in [-0.3, -0.25) is 14.6 Å². The Morgan fingerprint density at radius 3 is 2.59 bits per heavy atom. The van der Waals surface area contributed by atoms with Gasteiger partial charge in [-0.25, -0.2) is 9.67 Å². The summed E-state index contributed by atoms with van der Waals surface area (Å²) in [5.74, 6) is -0.0726. The number of nitrogens with zero attached hydrogens (tertiary/aromatic N) is 4. The maximum absolute atomic E-state index is 13.8. The number of pyridine rings is 2. The Morgan fingerprint density at radius 1 is 1.05 bits per heavy atom. The summed E-state index contributed by atoms with van der Waals surface area (Å²) >= 11 is 0. The van der Waals surface area contributed by atoms with Gasteiger partial charge in [0.25, 0.3) is 11.8 Å². The number of carbonyl (C=O) groups excluding carboxylic acids is 2. The first-order valence-corrected chi connectivity index (χ1v) is 13.5. The van der Waals surface area contributed by atoms with E-state index >= 15 is 0 Å². The van der Waals surface area contributed by atoms with Crippen molar-refractivity contribution < 1.29 is 22.8 Å². The number of hydrogen-bond donors (Lipinski definition) is 2. The highest BCUT2D eigenvalue weighted by atomic mass is 19.4. The van der Waals surface area contributed by atoms with Crippen molar-refractivity contribution in [3.05, 3.63) is 90.1 Å². The lowest BCUT2D eigenvalue weighted by Gasteiger charge is -2.21. The Balaban J connectivity index is 1.28. The zero-order chi connectivity index (χ0) is 28.8. The Hall–Kier alpha value is -4.54. The van der Waals surface area contributed by atoms with Crippen LogP contribution >= 0.6 is 0 Å². The van der Waals surface area contributed by atoms with E-state index in [4.69, 9.17) is 0 Å². The minimum absolute atomic E-state index is 0.0712. The molecule has 0 aliphatic heterocycles. The van der Waals surface area contributed by atoms with Crippen molar-refractivity contribution in [1.82, 2.24) is 25.1 Å². The maximum Gasteiger partial charge on any atom is 0.433 e. The standard InChI is InChI=1S/C30H29F3N6O2/c31-30(32,33)26-16-25(23-11-6-14-34-18-23)38-39(26)24-12-13-27(35-19-24)37-29(41)22-10-5-4-9-21(15-22)28(40)36-17-20-7-2-1-3-8-20/h4-6,9,11-16,18-20H,1-3,7-8,10,17H2,(H,36,40)(H,35,37,41). The van der Waals surface area contributed by atoms with Gasteiger partial charge >= 0.3 is 6.18 Å². The largest absolute Gasteiger partial charge is 0.433 e. The Labute approximate surface area is 235 Å². The van der Waals surface area contributed by atoms with Gasteiger partial charge in [-0.2, -0.15) is 18.3 Å². The number of alkyl halides is 3. The zero-order valence-electron chi connectivity index (χ0n) is 22.2. The van der Waals surface area contributed by atoms with Gasteiger partial charge in [0.2, 0.25) is 0 Å². The summed E-state index contributed by atoms with van der Waals surface area (Å²) in [4.78, 5) is 33.9. The third kappa shape index (κ3) is 6.97. The zero-order valence-corrected chi connectivity index (χ0v) is 22.2. The number of rotatable bonds is 7. The van der Waals surface area contributed by atoms with Crippen LogP contribution in [0.15, 0.2) is 84.4 Å². The fourth-order valence-electron chi connectivity index (χ4n) is 4.91. The van der Waals surface area contributed by atoms with Gasteiger partial charge in [-0.05, 0) is 67.7 Å². The molecule has 0 atom stereocenters. The van der Waals surface area contributed by atoms with E-state index in [9.17, 15) is 22.8 Å². The Morgan fingerprint density at radius 2 is 1.88 bits per heavy atom. The lowest BCUT2D eigenvalue weighted by Crippen LogP contribution is -2.31. The second kappa shape index (κ2) is 12.3. The molecule has 1 saturated carbocycles. The summed E-state index contributed by atoms with van der Waals surface area (Å²) in [6, 6.07) is 6.98. The van der Waals surface area contributed by atoms with E-state index in [0.29, 0.717) is 35.6 Å². The van der Waals surface area contributed by atoms with Gasteiger partial charge in [0.05, 0.1) is 17.6 Å². The summed E-state index contributed by atoms with van der Waals surface area (Å²) in [7, 11) is 0. The highest BCUT2D eigenvalue weighted by Gasteiger charge is 2.36. The molecular weight excluding hydrogens is 533 g/mol. The summed E-state index contributed by atoms with van der Waals surface area (Å²) < 4.78 is 42.1. The van der Waals surface area contributed by atoms with Crippen molar-refractivity contribution in [3.8, 4) is 16.9 Å². The van der Waals surface area contributed by atoms with Crippen LogP contribution < -0.4 is 10.6 Å². The highest BCUT2D eigenvalue weighted by Crippen LogP contribution is 2.34. The number of amides is 2. The number of hydrogen-bond acceptors (Lipinski definition) is 5. The van der Waals surface area contributed by atoms with Crippen LogP contribution in [0.2, 0.25) is 0 Å². The molecule has 0 aromatic carbocycles. The molecule has 1 fully saturated rings. The fourth-order valence-corrected chi connectivity index (χ4v) is 4.91. The molecule has 212 valence electrons. The van der Waals surface area contributed by atoms with Crippen molar-refractivity contribution in [2.75, 3.05) is 11.9 Å². The van der Waals surface area contributed by atoms with E-state index in [2.05, 4.69) is 25.7 Å². The fraction of sp³-hybridized carbons (Fsp3) is 0.300. The SMILES string of the molecule is O=C(NCC1CCCCC1)C1=CC=CCC(C(=O)Nc2ccc(-n3nc(-c4cccnc4)cc3C(F)(F)F)cn2)=C1. The van der Waals surface area contributed by atoms with E-state index in [0.717, 1.165) is 23.6 Å². The number of carbonyl (C=O) groups is 2. The molecule has 3 aromatic heterocycles. The van der Waals surface area contributed by atoms with Crippen LogP contribution in [0.1, 0.15) is 44.2 Å². The number of allylic oxidation sites excluding steroid dienone is 3. The second-order valence-corrected chi connectivity index (χ2v) is 10.1. The van der Waals surface area contributed by atoms with Crippen LogP contribution in [0.5, 0.6) is 0 Å². The first-order chi connectivity index (χ1) is 19.8. The average Bonchev–Trinajstić information content (AvgIpc) is 3.30. The van der Waals surface area contributed by atoms with Crippen LogP contribution in [0, 0.1) is 5.92 Å². The summed E-state index contributed by atoms with van der Waals surface area (Å²) in [6.45, 7) is 0.613. The van der Waals surface area contributed by atoms with Crippen molar-refractivity contribution in [3.63, 3.8) is 0 Å². The van der Waals surface area contributed by atoms with Crippen LogP contribution in [0.25, 0.3) is 16.9 Å². The van der Waals surface area contributed by atoms with E-state index in [1.165, 1.54) is 50.0 Å². The molecule has 3 heterocycles. The quantitative estimate of drug-likeness (QED) is 0.379. The minimum Gasteiger partial charge on any atom is -0.352 e. The molecule has 2 amide bonds. The third-order valence-corrected chi connectivity index (χ3v) is 7.10. The highest BCUT2D eigenvalue weighted by molar-refractivity contribution is 6.06. The number of halogens is 3. The van der Waals surface area contributed by atoms with Crippen molar-refractivity contribution in [2.24, 2.45) is 5.92 Å². The normalized spacial score (nSPS) is 16.0. The minimum atomic E-state index is -4.66. The van der Waals surface area contributed by atoms with Crippen molar-refractivity contribution in [1.29, 1.82) is 0 Å². The maximum atomic E-state index is 13.8. The van der Waals surface area contributed by atoms with Crippen LogP contribution in [0.3, 0.4) is 0 Å².